The Labute approximate surface area is 168 Å². The monoisotopic (exact) mass is 398 g/mol. The molecular formula is C21H19ClN2O4. The second-order valence-corrected chi connectivity index (χ2v) is 6.51. The lowest BCUT2D eigenvalue weighted by Crippen LogP contribution is -2.21. The van der Waals surface area contributed by atoms with Crippen LogP contribution in [0.3, 0.4) is 0 Å². The average Bonchev–Trinajstić information content (AvgIpc) is 2.97. The molecule has 0 N–H and O–H groups in total. The van der Waals surface area contributed by atoms with E-state index < -0.39 is 0 Å². The first-order chi connectivity index (χ1) is 13.4. The second kappa shape index (κ2) is 8.27. The van der Waals surface area contributed by atoms with E-state index in [0.29, 0.717) is 33.5 Å². The van der Waals surface area contributed by atoms with Gasteiger partial charge in [-0.1, -0.05) is 30.7 Å². The van der Waals surface area contributed by atoms with Gasteiger partial charge in [-0.3, -0.25) is 9.59 Å². The largest absolute Gasteiger partial charge is 0.493 e. The number of benzene rings is 2. The summed E-state index contributed by atoms with van der Waals surface area (Å²) in [7, 11) is 1.49. The standard InChI is InChI=1S/C21H19ClN2O4/c1-4-20(25)28-18-9-8-14(11-19(18)27-3)10-17-13(2)23-24(21(17)26)16-7-5-6-15(22)12-16/h5-12H,4H2,1-3H3/b17-10-. The van der Waals surface area contributed by atoms with Crippen LogP contribution in [-0.4, -0.2) is 24.7 Å². The van der Waals surface area contributed by atoms with Gasteiger partial charge in [0.25, 0.3) is 5.91 Å². The van der Waals surface area contributed by atoms with Gasteiger partial charge < -0.3 is 9.47 Å². The Kier molecular flexibility index (Phi) is 5.80. The van der Waals surface area contributed by atoms with Crippen LogP contribution in [-0.2, 0) is 9.59 Å². The maximum Gasteiger partial charge on any atom is 0.311 e. The van der Waals surface area contributed by atoms with Crippen molar-refractivity contribution in [2.24, 2.45) is 5.10 Å². The van der Waals surface area contributed by atoms with Gasteiger partial charge in [0.1, 0.15) is 0 Å². The predicted molar refractivity (Wildman–Crippen MR) is 109 cm³/mol. The van der Waals surface area contributed by atoms with Crippen LogP contribution in [0.2, 0.25) is 5.02 Å². The van der Waals surface area contributed by atoms with Crippen molar-refractivity contribution in [3.05, 3.63) is 58.6 Å². The molecule has 144 valence electrons. The minimum absolute atomic E-state index is 0.250. The first-order valence-electron chi connectivity index (χ1n) is 8.69. The van der Waals surface area contributed by atoms with Crippen LogP contribution in [0.15, 0.2) is 53.1 Å². The summed E-state index contributed by atoms with van der Waals surface area (Å²) in [6.45, 7) is 3.48. The van der Waals surface area contributed by atoms with Gasteiger partial charge in [-0.2, -0.15) is 10.1 Å². The molecule has 0 saturated carbocycles. The number of esters is 1. The smallest absolute Gasteiger partial charge is 0.311 e. The van der Waals surface area contributed by atoms with Crippen molar-refractivity contribution in [3.8, 4) is 11.5 Å². The fraction of sp³-hybridized carbons (Fsp3) is 0.190. The molecule has 2 aromatic rings. The van der Waals surface area contributed by atoms with Crippen molar-refractivity contribution in [2.45, 2.75) is 20.3 Å². The third-order valence-electron chi connectivity index (χ3n) is 4.13. The summed E-state index contributed by atoms with van der Waals surface area (Å²) in [5.41, 5.74) is 2.37. The van der Waals surface area contributed by atoms with E-state index in [1.165, 1.54) is 12.1 Å². The van der Waals surface area contributed by atoms with Gasteiger partial charge >= 0.3 is 5.97 Å². The first-order valence-corrected chi connectivity index (χ1v) is 9.06. The van der Waals surface area contributed by atoms with E-state index >= 15 is 0 Å². The fourth-order valence-electron chi connectivity index (χ4n) is 2.69. The Balaban J connectivity index is 1.90. The zero-order valence-electron chi connectivity index (χ0n) is 15.7. The summed E-state index contributed by atoms with van der Waals surface area (Å²) in [5, 5.41) is 6.19. The van der Waals surface area contributed by atoms with Crippen LogP contribution >= 0.6 is 11.6 Å². The minimum atomic E-state index is -0.351. The molecule has 0 radical (unpaired) electrons. The highest BCUT2D eigenvalue weighted by molar-refractivity contribution is 6.33. The predicted octanol–water partition coefficient (Wildman–Crippen LogP) is 4.47. The van der Waals surface area contributed by atoms with E-state index in [1.807, 2.05) is 0 Å². The molecule has 1 aliphatic rings. The molecule has 0 aliphatic carbocycles. The number of anilines is 1. The molecule has 3 rings (SSSR count). The molecule has 1 amide bonds. The van der Waals surface area contributed by atoms with Crippen molar-refractivity contribution >= 4 is 41.0 Å². The minimum Gasteiger partial charge on any atom is -0.493 e. The summed E-state index contributed by atoms with van der Waals surface area (Å²) >= 11 is 6.02. The van der Waals surface area contributed by atoms with Crippen molar-refractivity contribution in [2.75, 3.05) is 12.1 Å². The number of hydrazone groups is 1. The average molecular weight is 399 g/mol. The van der Waals surface area contributed by atoms with E-state index in [1.54, 1.807) is 62.4 Å². The number of amides is 1. The van der Waals surface area contributed by atoms with Crippen molar-refractivity contribution in [3.63, 3.8) is 0 Å². The van der Waals surface area contributed by atoms with Gasteiger partial charge in [0.05, 0.1) is 24.1 Å². The molecule has 6 nitrogen and oxygen atoms in total. The van der Waals surface area contributed by atoms with Crippen LogP contribution < -0.4 is 14.5 Å². The van der Waals surface area contributed by atoms with Gasteiger partial charge in [0.15, 0.2) is 11.5 Å². The second-order valence-electron chi connectivity index (χ2n) is 6.08. The lowest BCUT2D eigenvalue weighted by atomic mass is 10.1. The lowest BCUT2D eigenvalue weighted by Gasteiger charge is -2.12. The normalized spacial score (nSPS) is 15.0. The maximum atomic E-state index is 12.8. The van der Waals surface area contributed by atoms with Gasteiger partial charge in [0.2, 0.25) is 0 Å². The molecule has 1 aliphatic heterocycles. The van der Waals surface area contributed by atoms with Crippen molar-refractivity contribution in [1.29, 1.82) is 0 Å². The maximum absolute atomic E-state index is 12.8. The van der Waals surface area contributed by atoms with Gasteiger partial charge in [-0.05, 0) is 48.9 Å². The molecule has 0 saturated heterocycles. The molecule has 0 spiro atoms. The molecule has 0 fully saturated rings. The lowest BCUT2D eigenvalue weighted by molar-refractivity contribution is -0.134. The summed E-state index contributed by atoms with van der Waals surface area (Å²) in [6.07, 6.45) is 1.98. The summed E-state index contributed by atoms with van der Waals surface area (Å²) in [4.78, 5) is 24.4. The van der Waals surface area contributed by atoms with E-state index in [9.17, 15) is 9.59 Å². The number of carbonyl (C=O) groups is 2. The molecule has 28 heavy (non-hydrogen) atoms. The summed E-state index contributed by atoms with van der Waals surface area (Å²) in [5.74, 6) is 0.138. The molecule has 7 heteroatoms. The molecule has 1 heterocycles. The Hall–Kier alpha value is -3.12. The summed E-state index contributed by atoms with van der Waals surface area (Å²) in [6, 6.07) is 12.0. The highest BCUT2D eigenvalue weighted by Crippen LogP contribution is 2.31. The van der Waals surface area contributed by atoms with E-state index in [0.717, 1.165) is 5.56 Å². The van der Waals surface area contributed by atoms with Crippen LogP contribution in [0.5, 0.6) is 11.5 Å². The number of methoxy groups -OCH3 is 1. The van der Waals surface area contributed by atoms with Gasteiger partial charge in [-0.15, -0.1) is 0 Å². The van der Waals surface area contributed by atoms with Crippen LogP contribution in [0.25, 0.3) is 6.08 Å². The molecule has 0 bridgehead atoms. The Morgan fingerprint density at radius 1 is 1.21 bits per heavy atom. The third kappa shape index (κ3) is 4.07. The molecule has 0 atom stereocenters. The molecule has 2 aromatic carbocycles. The Morgan fingerprint density at radius 2 is 2.00 bits per heavy atom. The SMILES string of the molecule is CCC(=O)Oc1ccc(/C=C2\C(=O)N(c3cccc(Cl)c3)N=C2C)cc1OC. The van der Waals surface area contributed by atoms with Gasteiger partial charge in [0, 0.05) is 11.4 Å². The first kappa shape index (κ1) is 19.6. The molecule has 0 unspecified atom stereocenters. The molecular weight excluding hydrogens is 380 g/mol. The highest BCUT2D eigenvalue weighted by Gasteiger charge is 2.28. The topological polar surface area (TPSA) is 68.2 Å². The van der Waals surface area contributed by atoms with Crippen molar-refractivity contribution in [1.82, 2.24) is 0 Å². The number of carbonyl (C=O) groups excluding carboxylic acids is 2. The molecule has 0 aromatic heterocycles. The quantitative estimate of drug-likeness (QED) is 0.423. The van der Waals surface area contributed by atoms with E-state index in [2.05, 4.69) is 5.10 Å². The van der Waals surface area contributed by atoms with Crippen LogP contribution in [0.1, 0.15) is 25.8 Å². The zero-order valence-corrected chi connectivity index (χ0v) is 16.5. The van der Waals surface area contributed by atoms with E-state index in [4.69, 9.17) is 21.1 Å². The number of halogens is 1. The Morgan fingerprint density at radius 3 is 2.68 bits per heavy atom. The van der Waals surface area contributed by atoms with Crippen LogP contribution in [0, 0.1) is 0 Å². The highest BCUT2D eigenvalue weighted by atomic mass is 35.5. The third-order valence-corrected chi connectivity index (χ3v) is 4.36. The number of nitrogens with zero attached hydrogens (tertiary/aromatic N) is 2. The van der Waals surface area contributed by atoms with E-state index in [-0.39, 0.29) is 18.3 Å². The number of ether oxygens (including phenoxy) is 2. The number of rotatable bonds is 5. The van der Waals surface area contributed by atoms with Crippen molar-refractivity contribution < 1.29 is 19.1 Å². The zero-order chi connectivity index (χ0) is 20.3. The number of hydrogen-bond acceptors (Lipinski definition) is 5. The number of hydrogen-bond donors (Lipinski definition) is 0. The summed E-state index contributed by atoms with van der Waals surface area (Å²) < 4.78 is 10.5. The van der Waals surface area contributed by atoms with Gasteiger partial charge in [-0.25, -0.2) is 0 Å². The van der Waals surface area contributed by atoms with Crippen LogP contribution in [0.4, 0.5) is 5.69 Å². The fourth-order valence-corrected chi connectivity index (χ4v) is 2.87. The Bertz CT molecular complexity index is 998.